The van der Waals surface area contributed by atoms with Gasteiger partial charge in [-0.15, -0.1) is 0 Å². The van der Waals surface area contributed by atoms with Crippen LogP contribution in [0.5, 0.6) is 0 Å². The van der Waals surface area contributed by atoms with Gasteiger partial charge in [-0.3, -0.25) is 4.99 Å². The molecule has 1 saturated carbocycles. The topological polar surface area (TPSA) is 50.4 Å². The number of nitrogens with zero attached hydrogens (tertiary/aromatic N) is 1. The van der Waals surface area contributed by atoms with E-state index in [1.165, 1.54) is 25.7 Å². The van der Waals surface area contributed by atoms with Crippen molar-refractivity contribution in [2.75, 3.05) is 6.54 Å². The number of nitrogens with one attached hydrogen (secondary N) is 1. The van der Waals surface area contributed by atoms with E-state index in [0.717, 1.165) is 13.0 Å². The van der Waals surface area contributed by atoms with Crippen LogP contribution in [0.3, 0.4) is 0 Å². The summed E-state index contributed by atoms with van der Waals surface area (Å²) < 4.78 is 0. The minimum Gasteiger partial charge on any atom is -0.370 e. The molecule has 15 heavy (non-hydrogen) atoms. The molecule has 0 heterocycles. The molecule has 88 valence electrons. The highest BCUT2D eigenvalue weighted by molar-refractivity contribution is 5.78. The van der Waals surface area contributed by atoms with Crippen LogP contribution >= 0.6 is 0 Å². The summed E-state index contributed by atoms with van der Waals surface area (Å²) in [6.07, 6.45) is 6.32. The molecule has 1 atom stereocenters. The van der Waals surface area contributed by atoms with Gasteiger partial charge in [0.15, 0.2) is 5.96 Å². The Morgan fingerprint density at radius 2 is 2.13 bits per heavy atom. The van der Waals surface area contributed by atoms with E-state index in [9.17, 15) is 0 Å². The fraction of sp³-hybridized carbons (Fsp3) is 0.917. The highest BCUT2D eigenvalue weighted by Crippen LogP contribution is 2.43. The summed E-state index contributed by atoms with van der Waals surface area (Å²) in [5.74, 6) is 0.615. The van der Waals surface area contributed by atoms with Gasteiger partial charge >= 0.3 is 0 Å². The van der Waals surface area contributed by atoms with Crippen molar-refractivity contribution >= 4 is 5.96 Å². The zero-order valence-corrected chi connectivity index (χ0v) is 10.3. The van der Waals surface area contributed by atoms with E-state index in [4.69, 9.17) is 5.73 Å². The third-order valence-corrected chi connectivity index (χ3v) is 3.76. The molecule has 0 aromatic rings. The molecule has 0 aromatic heterocycles. The van der Waals surface area contributed by atoms with Crippen LogP contribution in [-0.2, 0) is 0 Å². The Balaban J connectivity index is 2.35. The molecule has 1 rings (SSSR count). The summed E-state index contributed by atoms with van der Waals surface area (Å²) in [5, 5.41) is 3.20. The first-order valence-corrected chi connectivity index (χ1v) is 6.18. The van der Waals surface area contributed by atoms with Crippen molar-refractivity contribution in [3.05, 3.63) is 0 Å². The van der Waals surface area contributed by atoms with Crippen LogP contribution in [0.4, 0.5) is 0 Å². The maximum atomic E-state index is 5.83. The van der Waals surface area contributed by atoms with Crippen LogP contribution in [0.25, 0.3) is 0 Å². The first-order chi connectivity index (χ1) is 7.12. The molecule has 3 N–H and O–H groups in total. The number of aliphatic imine (C=N–C) groups is 1. The molecule has 0 aliphatic heterocycles. The van der Waals surface area contributed by atoms with Gasteiger partial charge in [0.05, 0.1) is 0 Å². The first-order valence-electron chi connectivity index (χ1n) is 6.18. The third kappa shape index (κ3) is 3.40. The molecular formula is C12H25N3. The highest BCUT2D eigenvalue weighted by Gasteiger charge is 2.34. The van der Waals surface area contributed by atoms with Gasteiger partial charge in [-0.2, -0.15) is 0 Å². The van der Waals surface area contributed by atoms with Crippen LogP contribution in [-0.4, -0.2) is 18.5 Å². The second-order valence-corrected chi connectivity index (χ2v) is 4.86. The number of guanidine groups is 1. The van der Waals surface area contributed by atoms with Crippen molar-refractivity contribution in [1.29, 1.82) is 0 Å². The summed E-state index contributed by atoms with van der Waals surface area (Å²) in [7, 11) is 0. The molecule has 1 aliphatic carbocycles. The van der Waals surface area contributed by atoms with Gasteiger partial charge in [0.2, 0.25) is 0 Å². The largest absolute Gasteiger partial charge is 0.370 e. The predicted molar refractivity (Wildman–Crippen MR) is 66.0 cm³/mol. The van der Waals surface area contributed by atoms with Crippen LogP contribution in [0.2, 0.25) is 0 Å². The average molecular weight is 211 g/mol. The van der Waals surface area contributed by atoms with Gasteiger partial charge < -0.3 is 11.1 Å². The average Bonchev–Trinajstić information content (AvgIpc) is 2.16. The van der Waals surface area contributed by atoms with Gasteiger partial charge in [0.1, 0.15) is 0 Å². The molecule has 1 aliphatic rings. The number of rotatable bonds is 5. The van der Waals surface area contributed by atoms with Crippen LogP contribution in [0.1, 0.15) is 52.9 Å². The summed E-state index contributed by atoms with van der Waals surface area (Å²) >= 11 is 0. The van der Waals surface area contributed by atoms with E-state index >= 15 is 0 Å². The Labute approximate surface area is 93.5 Å². The summed E-state index contributed by atoms with van der Waals surface area (Å²) in [5.41, 5.74) is 6.30. The lowest BCUT2D eigenvalue weighted by Gasteiger charge is -2.40. The summed E-state index contributed by atoms with van der Waals surface area (Å²) in [4.78, 5) is 4.46. The number of hydrogen-bond acceptors (Lipinski definition) is 1. The Bertz CT molecular complexity index is 213. The Morgan fingerprint density at radius 1 is 1.47 bits per heavy atom. The summed E-state index contributed by atoms with van der Waals surface area (Å²) in [6, 6.07) is 0.424. The standard InChI is InChI=1S/C12H25N3/c1-4-10(3)15-11(13)14-9-12(5-2)7-6-8-12/h10H,4-9H2,1-3H3,(H3,13,14,15). The quantitative estimate of drug-likeness (QED) is 0.541. The molecular weight excluding hydrogens is 186 g/mol. The fourth-order valence-corrected chi connectivity index (χ4v) is 1.95. The van der Waals surface area contributed by atoms with E-state index in [0.29, 0.717) is 17.4 Å². The Hall–Kier alpha value is -0.730. The fourth-order valence-electron chi connectivity index (χ4n) is 1.95. The van der Waals surface area contributed by atoms with Crippen LogP contribution < -0.4 is 11.1 Å². The zero-order chi connectivity index (χ0) is 11.3. The molecule has 0 spiro atoms. The zero-order valence-electron chi connectivity index (χ0n) is 10.3. The normalized spacial score (nSPS) is 21.9. The Morgan fingerprint density at radius 3 is 2.53 bits per heavy atom. The van der Waals surface area contributed by atoms with Crippen LogP contribution in [0, 0.1) is 5.41 Å². The maximum Gasteiger partial charge on any atom is 0.188 e. The van der Waals surface area contributed by atoms with Crippen molar-refractivity contribution in [2.45, 2.75) is 58.9 Å². The van der Waals surface area contributed by atoms with Gasteiger partial charge in [0.25, 0.3) is 0 Å². The lowest BCUT2D eigenvalue weighted by molar-refractivity contribution is 0.139. The van der Waals surface area contributed by atoms with E-state index < -0.39 is 0 Å². The minimum absolute atomic E-state index is 0.424. The maximum absolute atomic E-state index is 5.83. The van der Waals surface area contributed by atoms with E-state index in [1.807, 2.05) is 0 Å². The van der Waals surface area contributed by atoms with Crippen LogP contribution in [0.15, 0.2) is 4.99 Å². The number of nitrogens with two attached hydrogens (primary N) is 1. The second-order valence-electron chi connectivity index (χ2n) is 4.86. The molecule has 3 nitrogen and oxygen atoms in total. The van der Waals surface area contributed by atoms with Gasteiger partial charge in [-0.05, 0) is 38.0 Å². The van der Waals surface area contributed by atoms with Gasteiger partial charge in [-0.25, -0.2) is 0 Å². The second kappa shape index (κ2) is 5.38. The lowest BCUT2D eigenvalue weighted by atomic mass is 9.67. The van der Waals surface area contributed by atoms with Crippen molar-refractivity contribution in [3.63, 3.8) is 0 Å². The number of hydrogen-bond donors (Lipinski definition) is 2. The van der Waals surface area contributed by atoms with Crippen molar-refractivity contribution in [1.82, 2.24) is 5.32 Å². The Kier molecular flexibility index (Phi) is 4.43. The molecule has 0 amide bonds. The van der Waals surface area contributed by atoms with Gasteiger partial charge in [-0.1, -0.05) is 20.3 Å². The lowest BCUT2D eigenvalue weighted by Crippen LogP contribution is -2.40. The SMILES string of the molecule is CCC(C)NC(N)=NCC1(CC)CCC1. The molecule has 0 bridgehead atoms. The smallest absolute Gasteiger partial charge is 0.188 e. The molecule has 1 unspecified atom stereocenters. The van der Waals surface area contributed by atoms with E-state index in [2.05, 4.69) is 31.1 Å². The molecule has 0 saturated heterocycles. The molecule has 1 fully saturated rings. The van der Waals surface area contributed by atoms with E-state index in [1.54, 1.807) is 0 Å². The van der Waals surface area contributed by atoms with E-state index in [-0.39, 0.29) is 0 Å². The molecule has 0 aromatic carbocycles. The van der Waals surface area contributed by atoms with Gasteiger partial charge in [0, 0.05) is 12.6 Å². The van der Waals surface area contributed by atoms with Crippen molar-refractivity contribution in [3.8, 4) is 0 Å². The first kappa shape index (κ1) is 12.3. The predicted octanol–water partition coefficient (Wildman–Crippen LogP) is 2.27. The minimum atomic E-state index is 0.424. The third-order valence-electron chi connectivity index (χ3n) is 3.76. The molecule has 3 heteroatoms. The highest BCUT2D eigenvalue weighted by atomic mass is 15.1. The summed E-state index contributed by atoms with van der Waals surface area (Å²) in [6.45, 7) is 7.43. The van der Waals surface area contributed by atoms with Crippen molar-refractivity contribution < 1.29 is 0 Å². The monoisotopic (exact) mass is 211 g/mol. The van der Waals surface area contributed by atoms with Crippen molar-refractivity contribution in [2.24, 2.45) is 16.1 Å². The molecule has 0 radical (unpaired) electrons.